The van der Waals surface area contributed by atoms with E-state index in [1.54, 1.807) is 0 Å². The van der Waals surface area contributed by atoms with Crippen molar-refractivity contribution in [1.29, 1.82) is 0 Å². The van der Waals surface area contributed by atoms with Crippen LogP contribution in [0.15, 0.2) is 54.6 Å². The average molecular weight is 455 g/mol. The lowest BCUT2D eigenvalue weighted by Gasteiger charge is -2.42. The van der Waals surface area contributed by atoms with Crippen LogP contribution in [0.5, 0.6) is 5.75 Å². The van der Waals surface area contributed by atoms with Gasteiger partial charge in [-0.2, -0.15) is 0 Å². The molecule has 0 saturated heterocycles. The van der Waals surface area contributed by atoms with E-state index in [2.05, 4.69) is 31.2 Å². The van der Waals surface area contributed by atoms with Crippen molar-refractivity contribution in [3.05, 3.63) is 76.6 Å². The van der Waals surface area contributed by atoms with Gasteiger partial charge in [0.25, 0.3) is 0 Å². The van der Waals surface area contributed by atoms with Crippen molar-refractivity contribution < 1.29 is 13.9 Å². The van der Waals surface area contributed by atoms with Gasteiger partial charge < -0.3 is 4.74 Å². The molecule has 4 unspecified atom stereocenters. The maximum absolute atomic E-state index is 13.6. The van der Waals surface area contributed by atoms with Crippen LogP contribution >= 0.6 is 11.6 Å². The van der Waals surface area contributed by atoms with Gasteiger partial charge >= 0.3 is 5.97 Å². The molecule has 32 heavy (non-hydrogen) atoms. The summed E-state index contributed by atoms with van der Waals surface area (Å²) in [5.74, 6) is 2.28. The molecule has 2 aromatic carbocycles. The Balaban J connectivity index is 1.32. The fourth-order valence-corrected chi connectivity index (χ4v) is 5.77. The third kappa shape index (κ3) is 5.61. The van der Waals surface area contributed by atoms with Crippen molar-refractivity contribution in [2.24, 2.45) is 17.8 Å². The van der Waals surface area contributed by atoms with Gasteiger partial charge in [0.2, 0.25) is 0 Å². The molecule has 2 nitrogen and oxygen atoms in total. The van der Waals surface area contributed by atoms with Crippen LogP contribution in [0.25, 0.3) is 0 Å². The summed E-state index contributed by atoms with van der Waals surface area (Å²) in [6, 6.07) is 11.8. The number of ether oxygens (including phenoxy) is 1. The van der Waals surface area contributed by atoms with Gasteiger partial charge in [-0.1, -0.05) is 42.3 Å². The van der Waals surface area contributed by atoms with E-state index in [9.17, 15) is 9.18 Å². The Morgan fingerprint density at radius 1 is 1.06 bits per heavy atom. The van der Waals surface area contributed by atoms with Crippen LogP contribution in [0.4, 0.5) is 4.39 Å². The summed E-state index contributed by atoms with van der Waals surface area (Å²) in [6.45, 7) is 2.11. The van der Waals surface area contributed by atoms with E-state index in [1.807, 2.05) is 12.1 Å². The summed E-state index contributed by atoms with van der Waals surface area (Å²) < 4.78 is 18.9. The fourth-order valence-electron chi connectivity index (χ4n) is 5.65. The zero-order valence-electron chi connectivity index (χ0n) is 18.7. The van der Waals surface area contributed by atoms with Crippen LogP contribution in [0.3, 0.4) is 0 Å². The molecule has 4 rings (SSSR count). The monoisotopic (exact) mass is 454 g/mol. The van der Waals surface area contributed by atoms with E-state index in [0.29, 0.717) is 11.5 Å². The highest BCUT2D eigenvalue weighted by molar-refractivity contribution is 6.30. The first kappa shape index (κ1) is 23.0. The normalized spacial score (nSPS) is 25.5. The molecule has 2 aliphatic rings. The fraction of sp³-hybridized carbons (Fsp3) is 0.464. The smallest absolute Gasteiger partial charge is 0.343 e. The molecule has 0 radical (unpaired) electrons. The Hall–Kier alpha value is -2.13. The number of esters is 1. The number of halogens is 2. The van der Waals surface area contributed by atoms with Gasteiger partial charge in [0.15, 0.2) is 0 Å². The Morgan fingerprint density at radius 3 is 2.56 bits per heavy atom. The molecule has 2 aromatic rings. The number of fused-ring (bicyclic) bond motifs is 1. The highest BCUT2D eigenvalue weighted by Crippen LogP contribution is 2.48. The van der Waals surface area contributed by atoms with Gasteiger partial charge in [0, 0.05) is 6.07 Å². The van der Waals surface area contributed by atoms with Crippen molar-refractivity contribution in [3.8, 4) is 5.75 Å². The molecule has 170 valence electrons. The zero-order valence-corrected chi connectivity index (χ0v) is 19.5. The van der Waals surface area contributed by atoms with Gasteiger partial charge in [-0.15, -0.1) is 0 Å². The summed E-state index contributed by atoms with van der Waals surface area (Å²) >= 11 is 5.68. The minimum absolute atomic E-state index is 0.00556. The molecule has 0 spiro atoms. The predicted octanol–water partition coefficient (Wildman–Crippen LogP) is 8.35. The first-order valence-electron chi connectivity index (χ1n) is 11.9. The first-order valence-corrected chi connectivity index (χ1v) is 12.3. The highest BCUT2D eigenvalue weighted by atomic mass is 35.5. The van der Waals surface area contributed by atoms with Crippen molar-refractivity contribution in [2.45, 2.75) is 64.2 Å². The van der Waals surface area contributed by atoms with E-state index >= 15 is 0 Å². The Bertz CT molecular complexity index is 952. The van der Waals surface area contributed by atoms with Gasteiger partial charge in [-0.3, -0.25) is 0 Å². The first-order chi connectivity index (χ1) is 15.5. The second-order valence-corrected chi connectivity index (χ2v) is 9.85. The molecule has 0 amide bonds. The minimum Gasteiger partial charge on any atom is -0.423 e. The summed E-state index contributed by atoms with van der Waals surface area (Å²) in [7, 11) is 0. The molecular weight excluding hydrogens is 423 g/mol. The summed E-state index contributed by atoms with van der Waals surface area (Å²) in [5, 5.41) is 0.00556. The van der Waals surface area contributed by atoms with Crippen LogP contribution < -0.4 is 4.74 Å². The van der Waals surface area contributed by atoms with Crippen LogP contribution in [-0.4, -0.2) is 5.97 Å². The molecule has 2 aliphatic carbocycles. The predicted molar refractivity (Wildman–Crippen MR) is 128 cm³/mol. The molecule has 4 atom stereocenters. The minimum atomic E-state index is -0.602. The Morgan fingerprint density at radius 2 is 1.81 bits per heavy atom. The van der Waals surface area contributed by atoms with Crippen molar-refractivity contribution >= 4 is 17.6 Å². The molecule has 2 fully saturated rings. The Kier molecular flexibility index (Phi) is 7.67. The quantitative estimate of drug-likeness (QED) is 0.249. The second kappa shape index (κ2) is 10.7. The van der Waals surface area contributed by atoms with E-state index < -0.39 is 11.8 Å². The lowest BCUT2D eigenvalue weighted by Crippen LogP contribution is -2.30. The lowest BCUT2D eigenvalue weighted by atomic mass is 9.63. The molecule has 0 N–H and O–H groups in total. The molecule has 2 saturated carbocycles. The Labute approximate surface area is 195 Å². The van der Waals surface area contributed by atoms with Gasteiger partial charge in [-0.05, 0) is 105 Å². The highest BCUT2D eigenvalue weighted by Gasteiger charge is 2.35. The SMILES string of the molecule is C/C=C/CCC1CCC2CC(c3ccc(C(=O)Oc4ccc(Cl)c(F)c4)cc3)CCC2C1. The van der Waals surface area contributed by atoms with Crippen LogP contribution in [-0.2, 0) is 0 Å². The summed E-state index contributed by atoms with van der Waals surface area (Å²) in [6.07, 6.45) is 15.0. The standard InChI is InChI=1S/C28H32ClFO2/c1-2-3-4-5-19-6-7-24-17-23(13-12-22(24)16-19)20-8-10-21(11-9-20)28(31)32-25-14-15-26(29)27(30)18-25/h2-3,8-11,14-15,18-19,22-24H,4-7,12-13,16-17H2,1H3/b3-2+. The molecule has 4 heteroatoms. The molecular formula is C28H32ClFO2. The number of hydrogen-bond acceptors (Lipinski definition) is 2. The van der Waals surface area contributed by atoms with Crippen LogP contribution in [0, 0.1) is 23.6 Å². The van der Waals surface area contributed by atoms with Crippen molar-refractivity contribution in [3.63, 3.8) is 0 Å². The maximum atomic E-state index is 13.6. The number of carbonyl (C=O) groups excluding carboxylic acids is 1. The largest absolute Gasteiger partial charge is 0.423 e. The van der Waals surface area contributed by atoms with E-state index in [0.717, 1.165) is 23.8 Å². The van der Waals surface area contributed by atoms with E-state index in [1.165, 1.54) is 69.1 Å². The zero-order chi connectivity index (χ0) is 22.5. The van der Waals surface area contributed by atoms with E-state index in [-0.39, 0.29) is 10.8 Å². The topological polar surface area (TPSA) is 26.3 Å². The molecule has 0 heterocycles. The number of hydrogen-bond donors (Lipinski definition) is 0. The number of carbonyl (C=O) groups is 1. The third-order valence-corrected chi connectivity index (χ3v) is 7.72. The van der Waals surface area contributed by atoms with Crippen molar-refractivity contribution in [1.82, 2.24) is 0 Å². The number of allylic oxidation sites excluding steroid dienone is 2. The van der Waals surface area contributed by atoms with Gasteiger partial charge in [-0.25, -0.2) is 9.18 Å². The lowest BCUT2D eigenvalue weighted by molar-refractivity contribution is 0.0734. The summed E-state index contributed by atoms with van der Waals surface area (Å²) in [5.41, 5.74) is 1.78. The number of rotatable bonds is 6. The average Bonchev–Trinajstić information content (AvgIpc) is 2.81. The second-order valence-electron chi connectivity index (χ2n) is 9.44. The van der Waals surface area contributed by atoms with Crippen LogP contribution in [0.2, 0.25) is 5.02 Å². The third-order valence-electron chi connectivity index (χ3n) is 7.42. The number of benzene rings is 2. The summed E-state index contributed by atoms with van der Waals surface area (Å²) in [4.78, 5) is 12.4. The van der Waals surface area contributed by atoms with Crippen molar-refractivity contribution in [2.75, 3.05) is 0 Å². The molecule has 0 aliphatic heterocycles. The molecule has 0 bridgehead atoms. The van der Waals surface area contributed by atoms with Crippen LogP contribution in [0.1, 0.15) is 80.1 Å². The van der Waals surface area contributed by atoms with Gasteiger partial charge in [0.1, 0.15) is 11.6 Å². The molecule has 0 aromatic heterocycles. The van der Waals surface area contributed by atoms with Gasteiger partial charge in [0.05, 0.1) is 10.6 Å². The van der Waals surface area contributed by atoms with E-state index in [4.69, 9.17) is 16.3 Å². The maximum Gasteiger partial charge on any atom is 0.343 e.